The maximum Gasteiger partial charge on any atom is 0.0413 e. The van der Waals surface area contributed by atoms with Gasteiger partial charge >= 0.3 is 0 Å². The molecule has 1 aliphatic rings. The summed E-state index contributed by atoms with van der Waals surface area (Å²) in [5, 5.41) is 5.68. The van der Waals surface area contributed by atoms with Gasteiger partial charge in [0.05, 0.1) is 0 Å². The summed E-state index contributed by atoms with van der Waals surface area (Å²) in [4.78, 5) is 2.51. The summed E-state index contributed by atoms with van der Waals surface area (Å²) in [7, 11) is 0. The maximum atomic E-state index is 6.18. The number of hydrogen-bond donors (Lipinski definition) is 1. The summed E-state index contributed by atoms with van der Waals surface area (Å²) in [5.41, 5.74) is 2.64. The van der Waals surface area contributed by atoms with Crippen molar-refractivity contribution in [2.24, 2.45) is 0 Å². The number of hydrogen-bond acceptors (Lipinski definition) is 3. The Kier molecular flexibility index (Phi) is 5.65. The zero-order chi connectivity index (χ0) is 14.7. The van der Waals surface area contributed by atoms with Gasteiger partial charge in [0.1, 0.15) is 0 Å². The van der Waals surface area contributed by atoms with Gasteiger partial charge in [-0.05, 0) is 23.8 Å². The van der Waals surface area contributed by atoms with Crippen LogP contribution in [0.5, 0.6) is 0 Å². The number of anilines is 1. The fraction of sp³-hybridized carbons (Fsp3) is 0.625. The number of benzene rings is 1. The Morgan fingerprint density at radius 2 is 1.95 bits per heavy atom. The van der Waals surface area contributed by atoms with Gasteiger partial charge in [0.15, 0.2) is 0 Å². The van der Waals surface area contributed by atoms with Crippen molar-refractivity contribution in [2.45, 2.75) is 50.8 Å². The van der Waals surface area contributed by atoms with Crippen molar-refractivity contribution in [3.05, 3.63) is 28.8 Å². The first kappa shape index (κ1) is 16.0. The average Bonchev–Trinajstić information content (AvgIpc) is 2.35. The van der Waals surface area contributed by atoms with Gasteiger partial charge in [-0.25, -0.2) is 0 Å². The van der Waals surface area contributed by atoms with E-state index in [1.165, 1.54) is 11.3 Å². The standard InChI is InChI=1S/C16H25ClN2S/c1-11(2)18-8-14-7-15(17)5-6-16(14)19-9-12(3)20-13(4)10-19/h5-7,11-13,18H,8-10H2,1-4H3. The second-order valence-electron chi connectivity index (χ2n) is 5.97. The molecule has 1 fully saturated rings. The van der Waals surface area contributed by atoms with E-state index in [1.807, 2.05) is 6.07 Å². The molecule has 1 N–H and O–H groups in total. The minimum absolute atomic E-state index is 0.483. The maximum absolute atomic E-state index is 6.18. The normalized spacial score (nSPS) is 23.4. The first-order valence-electron chi connectivity index (χ1n) is 7.38. The van der Waals surface area contributed by atoms with E-state index in [0.717, 1.165) is 24.7 Å². The van der Waals surface area contributed by atoms with E-state index >= 15 is 0 Å². The Hall–Kier alpha value is -0.380. The predicted octanol–water partition coefficient (Wildman–Crippen LogP) is 4.17. The lowest BCUT2D eigenvalue weighted by Crippen LogP contribution is -2.41. The van der Waals surface area contributed by atoms with E-state index < -0.39 is 0 Å². The molecule has 0 saturated carbocycles. The van der Waals surface area contributed by atoms with Crippen LogP contribution >= 0.6 is 23.4 Å². The fourth-order valence-electron chi connectivity index (χ4n) is 2.69. The molecule has 1 saturated heterocycles. The number of rotatable bonds is 4. The van der Waals surface area contributed by atoms with Crippen molar-refractivity contribution in [3.8, 4) is 0 Å². The number of thioether (sulfide) groups is 1. The number of halogens is 1. The zero-order valence-electron chi connectivity index (χ0n) is 12.8. The fourth-order valence-corrected chi connectivity index (χ4v) is 4.21. The summed E-state index contributed by atoms with van der Waals surface area (Å²) < 4.78 is 0. The molecule has 112 valence electrons. The predicted molar refractivity (Wildman–Crippen MR) is 92.2 cm³/mol. The van der Waals surface area contributed by atoms with Gasteiger partial charge in [0.2, 0.25) is 0 Å². The molecule has 1 aromatic rings. The summed E-state index contributed by atoms with van der Waals surface area (Å²) in [6.45, 7) is 12.1. The summed E-state index contributed by atoms with van der Waals surface area (Å²) in [6, 6.07) is 6.77. The summed E-state index contributed by atoms with van der Waals surface area (Å²) in [6.07, 6.45) is 0. The van der Waals surface area contributed by atoms with Crippen LogP contribution < -0.4 is 10.2 Å². The van der Waals surface area contributed by atoms with E-state index in [1.54, 1.807) is 0 Å². The van der Waals surface area contributed by atoms with Crippen molar-refractivity contribution >= 4 is 29.1 Å². The molecule has 2 rings (SSSR count). The molecule has 0 radical (unpaired) electrons. The molecule has 20 heavy (non-hydrogen) atoms. The molecule has 1 aliphatic heterocycles. The van der Waals surface area contributed by atoms with Crippen LogP contribution in [0.3, 0.4) is 0 Å². The molecule has 1 aromatic carbocycles. The van der Waals surface area contributed by atoms with Crippen LogP contribution in [0.4, 0.5) is 5.69 Å². The first-order valence-corrected chi connectivity index (χ1v) is 8.70. The Labute approximate surface area is 132 Å². The van der Waals surface area contributed by atoms with E-state index in [2.05, 4.69) is 61.8 Å². The zero-order valence-corrected chi connectivity index (χ0v) is 14.4. The second kappa shape index (κ2) is 7.06. The van der Waals surface area contributed by atoms with E-state index in [0.29, 0.717) is 16.5 Å². The van der Waals surface area contributed by atoms with Crippen molar-refractivity contribution in [1.82, 2.24) is 5.32 Å². The molecule has 2 nitrogen and oxygen atoms in total. The van der Waals surface area contributed by atoms with Crippen molar-refractivity contribution in [3.63, 3.8) is 0 Å². The summed E-state index contributed by atoms with van der Waals surface area (Å²) in [5.74, 6) is 0. The Morgan fingerprint density at radius 1 is 1.30 bits per heavy atom. The van der Waals surface area contributed by atoms with E-state index in [9.17, 15) is 0 Å². The SMILES string of the molecule is CC(C)NCc1cc(Cl)ccc1N1CC(C)SC(C)C1. The van der Waals surface area contributed by atoms with Crippen molar-refractivity contribution < 1.29 is 0 Å². The monoisotopic (exact) mass is 312 g/mol. The molecule has 0 bridgehead atoms. The smallest absolute Gasteiger partial charge is 0.0413 e. The highest BCUT2D eigenvalue weighted by Crippen LogP contribution is 2.31. The van der Waals surface area contributed by atoms with Crippen LogP contribution in [0.1, 0.15) is 33.3 Å². The van der Waals surface area contributed by atoms with Gasteiger partial charge in [-0.15, -0.1) is 0 Å². The highest BCUT2D eigenvalue weighted by Gasteiger charge is 2.23. The molecule has 0 spiro atoms. The third-order valence-corrected chi connectivity index (χ3v) is 4.97. The average molecular weight is 313 g/mol. The van der Waals surface area contributed by atoms with Crippen LogP contribution in [0, 0.1) is 0 Å². The van der Waals surface area contributed by atoms with Crippen LogP contribution in [0.25, 0.3) is 0 Å². The lowest BCUT2D eigenvalue weighted by Gasteiger charge is -2.37. The molecular formula is C16H25ClN2S. The third-order valence-electron chi connectivity index (χ3n) is 3.50. The van der Waals surface area contributed by atoms with Crippen molar-refractivity contribution in [1.29, 1.82) is 0 Å². The number of nitrogens with one attached hydrogen (secondary N) is 1. The van der Waals surface area contributed by atoms with Crippen LogP contribution in [0.15, 0.2) is 18.2 Å². The third kappa shape index (κ3) is 4.31. The summed E-state index contributed by atoms with van der Waals surface area (Å²) >= 11 is 8.26. The van der Waals surface area contributed by atoms with Gasteiger partial charge in [0.25, 0.3) is 0 Å². The minimum atomic E-state index is 0.483. The lowest BCUT2D eigenvalue weighted by molar-refractivity contribution is 0.587. The molecule has 2 atom stereocenters. The molecule has 0 aliphatic carbocycles. The largest absolute Gasteiger partial charge is 0.369 e. The minimum Gasteiger partial charge on any atom is -0.369 e. The number of nitrogens with zero attached hydrogens (tertiary/aromatic N) is 1. The van der Waals surface area contributed by atoms with Crippen LogP contribution in [-0.4, -0.2) is 29.6 Å². The van der Waals surface area contributed by atoms with Gasteiger partial charge in [0, 0.05) is 46.9 Å². The highest BCUT2D eigenvalue weighted by molar-refractivity contribution is 8.00. The van der Waals surface area contributed by atoms with Gasteiger partial charge < -0.3 is 10.2 Å². The Morgan fingerprint density at radius 3 is 2.55 bits per heavy atom. The van der Waals surface area contributed by atoms with Gasteiger partial charge in [-0.3, -0.25) is 0 Å². The first-order chi connectivity index (χ1) is 9.45. The van der Waals surface area contributed by atoms with E-state index in [-0.39, 0.29) is 0 Å². The second-order valence-corrected chi connectivity index (χ2v) is 8.29. The topological polar surface area (TPSA) is 15.3 Å². The quantitative estimate of drug-likeness (QED) is 0.898. The van der Waals surface area contributed by atoms with Crippen molar-refractivity contribution in [2.75, 3.05) is 18.0 Å². The molecule has 0 amide bonds. The Bertz CT molecular complexity index is 440. The molecular weight excluding hydrogens is 288 g/mol. The van der Waals surface area contributed by atoms with E-state index in [4.69, 9.17) is 11.6 Å². The highest BCUT2D eigenvalue weighted by atomic mass is 35.5. The molecule has 4 heteroatoms. The molecule has 0 aromatic heterocycles. The molecule has 1 heterocycles. The van der Waals surface area contributed by atoms with Crippen LogP contribution in [-0.2, 0) is 6.54 Å². The van der Waals surface area contributed by atoms with Crippen LogP contribution in [0.2, 0.25) is 5.02 Å². The van der Waals surface area contributed by atoms with Gasteiger partial charge in [-0.1, -0.05) is 39.3 Å². The Balaban J connectivity index is 2.21. The lowest BCUT2D eigenvalue weighted by atomic mass is 10.1. The molecule has 2 unspecified atom stereocenters. The van der Waals surface area contributed by atoms with Gasteiger partial charge in [-0.2, -0.15) is 11.8 Å².